The van der Waals surface area contributed by atoms with Gasteiger partial charge in [0.25, 0.3) is 5.91 Å². The van der Waals surface area contributed by atoms with Crippen LogP contribution in [0.4, 0.5) is 5.69 Å². The summed E-state index contributed by atoms with van der Waals surface area (Å²) in [4.78, 5) is 12.1. The first kappa shape index (κ1) is 13.8. The Balaban J connectivity index is 2.29. The van der Waals surface area contributed by atoms with E-state index in [2.05, 4.69) is 43.2 Å². The van der Waals surface area contributed by atoms with Crippen LogP contribution in [0.5, 0.6) is 0 Å². The first-order valence-corrected chi connectivity index (χ1v) is 6.92. The van der Waals surface area contributed by atoms with Crippen molar-refractivity contribution in [3.8, 4) is 6.07 Å². The van der Waals surface area contributed by atoms with E-state index < -0.39 is 0 Å². The molecule has 96 valence electrons. The molecule has 0 bridgehead atoms. The lowest BCUT2D eigenvalue weighted by molar-refractivity contribution is 0.101. The summed E-state index contributed by atoms with van der Waals surface area (Å²) in [6.07, 6.45) is 1.79. The number of aromatic nitrogens is 1. The van der Waals surface area contributed by atoms with Crippen LogP contribution in [0.25, 0.3) is 0 Å². The zero-order valence-electron chi connectivity index (χ0n) is 9.95. The average Bonchev–Trinajstić information content (AvgIpc) is 2.70. The second kappa shape index (κ2) is 5.59. The van der Waals surface area contributed by atoms with Crippen molar-refractivity contribution >= 4 is 43.5 Å². The summed E-state index contributed by atoms with van der Waals surface area (Å²) < 4.78 is 3.34. The van der Waals surface area contributed by atoms with Gasteiger partial charge in [0.2, 0.25) is 0 Å². The van der Waals surface area contributed by atoms with Crippen molar-refractivity contribution in [1.82, 2.24) is 4.57 Å². The van der Waals surface area contributed by atoms with Gasteiger partial charge < -0.3 is 9.88 Å². The molecule has 1 aromatic heterocycles. The summed E-state index contributed by atoms with van der Waals surface area (Å²) >= 11 is 6.60. The Kier molecular flexibility index (Phi) is 4.08. The lowest BCUT2D eigenvalue weighted by Gasteiger charge is -2.07. The molecule has 0 unspecified atom stereocenters. The molecule has 0 aliphatic rings. The Morgan fingerprint density at radius 2 is 2.05 bits per heavy atom. The SMILES string of the molecule is Cn1cc(Br)cc1C(=O)Nc1ccc(Br)cc1C#N. The van der Waals surface area contributed by atoms with Gasteiger partial charge in [0.05, 0.1) is 11.3 Å². The maximum Gasteiger partial charge on any atom is 0.272 e. The van der Waals surface area contributed by atoms with Crippen molar-refractivity contribution < 1.29 is 4.79 Å². The third kappa shape index (κ3) is 3.06. The predicted octanol–water partition coefficient (Wildman–Crippen LogP) is 3.67. The number of aryl methyl sites for hydroxylation is 1. The zero-order chi connectivity index (χ0) is 14.0. The van der Waals surface area contributed by atoms with Crippen molar-refractivity contribution in [2.24, 2.45) is 7.05 Å². The van der Waals surface area contributed by atoms with Crippen LogP contribution in [0.15, 0.2) is 39.4 Å². The number of nitriles is 1. The van der Waals surface area contributed by atoms with E-state index in [4.69, 9.17) is 5.26 Å². The van der Waals surface area contributed by atoms with Crippen LogP contribution in [0.3, 0.4) is 0 Å². The van der Waals surface area contributed by atoms with Crippen LogP contribution in [0, 0.1) is 11.3 Å². The minimum atomic E-state index is -0.257. The molecule has 0 radical (unpaired) electrons. The molecule has 1 amide bonds. The zero-order valence-corrected chi connectivity index (χ0v) is 13.1. The number of halogens is 2. The molecule has 19 heavy (non-hydrogen) atoms. The number of carbonyl (C=O) groups is 1. The van der Waals surface area contributed by atoms with E-state index in [1.807, 2.05) is 0 Å². The largest absolute Gasteiger partial charge is 0.345 e. The van der Waals surface area contributed by atoms with E-state index in [0.717, 1.165) is 8.95 Å². The Labute approximate surface area is 127 Å². The lowest BCUT2D eigenvalue weighted by Crippen LogP contribution is -2.16. The Morgan fingerprint density at radius 1 is 1.32 bits per heavy atom. The van der Waals surface area contributed by atoms with Gasteiger partial charge in [-0.2, -0.15) is 5.26 Å². The number of hydrogen-bond acceptors (Lipinski definition) is 2. The van der Waals surface area contributed by atoms with Crippen LogP contribution in [-0.2, 0) is 7.05 Å². The third-order valence-corrected chi connectivity index (χ3v) is 3.48. The number of carbonyl (C=O) groups excluding carboxylic acids is 1. The lowest BCUT2D eigenvalue weighted by atomic mass is 10.2. The topological polar surface area (TPSA) is 57.8 Å². The smallest absolute Gasteiger partial charge is 0.272 e. The fraction of sp³-hybridized carbons (Fsp3) is 0.0769. The van der Waals surface area contributed by atoms with Gasteiger partial charge >= 0.3 is 0 Å². The summed E-state index contributed by atoms with van der Waals surface area (Å²) in [6.45, 7) is 0. The molecule has 2 aromatic rings. The average molecular weight is 383 g/mol. The Bertz CT molecular complexity index is 686. The highest BCUT2D eigenvalue weighted by Gasteiger charge is 2.13. The van der Waals surface area contributed by atoms with Crippen LogP contribution in [0.1, 0.15) is 16.1 Å². The standard InChI is InChI=1S/C13H9Br2N3O/c1-18-7-10(15)5-12(18)13(19)17-11-3-2-9(14)4-8(11)6-16/h2-5,7H,1H3,(H,17,19). The summed E-state index contributed by atoms with van der Waals surface area (Å²) in [5.74, 6) is -0.257. The number of rotatable bonds is 2. The summed E-state index contributed by atoms with van der Waals surface area (Å²) in [7, 11) is 1.78. The van der Waals surface area contributed by atoms with Crippen molar-refractivity contribution in [2.75, 3.05) is 5.32 Å². The van der Waals surface area contributed by atoms with Crippen molar-refractivity contribution in [3.63, 3.8) is 0 Å². The van der Waals surface area contributed by atoms with Gasteiger partial charge in [-0.25, -0.2) is 0 Å². The molecule has 0 aliphatic carbocycles. The third-order valence-electron chi connectivity index (χ3n) is 2.55. The fourth-order valence-corrected chi connectivity index (χ4v) is 2.54. The molecule has 1 heterocycles. The second-order valence-corrected chi connectivity index (χ2v) is 5.74. The van der Waals surface area contributed by atoms with Gasteiger partial charge in [-0.15, -0.1) is 0 Å². The molecule has 2 rings (SSSR count). The van der Waals surface area contributed by atoms with E-state index >= 15 is 0 Å². The molecule has 4 nitrogen and oxygen atoms in total. The minimum Gasteiger partial charge on any atom is -0.345 e. The van der Waals surface area contributed by atoms with E-state index in [1.54, 1.807) is 42.1 Å². The van der Waals surface area contributed by atoms with Crippen LogP contribution < -0.4 is 5.32 Å². The van der Waals surface area contributed by atoms with Crippen molar-refractivity contribution in [1.29, 1.82) is 5.26 Å². The molecule has 0 atom stereocenters. The van der Waals surface area contributed by atoms with Gasteiger partial charge in [0, 0.05) is 22.2 Å². The molecule has 0 saturated heterocycles. The quantitative estimate of drug-likeness (QED) is 0.861. The first-order chi connectivity index (χ1) is 9.01. The predicted molar refractivity (Wildman–Crippen MR) is 79.9 cm³/mol. The highest BCUT2D eigenvalue weighted by Crippen LogP contribution is 2.21. The maximum atomic E-state index is 12.1. The molecule has 0 aliphatic heterocycles. The Hall–Kier alpha value is -1.58. The van der Waals surface area contributed by atoms with E-state index in [9.17, 15) is 4.79 Å². The van der Waals surface area contributed by atoms with Gasteiger partial charge in [-0.05, 0) is 40.2 Å². The van der Waals surface area contributed by atoms with Crippen LogP contribution in [-0.4, -0.2) is 10.5 Å². The normalized spacial score (nSPS) is 10.0. The molecular weight excluding hydrogens is 374 g/mol. The second-order valence-electron chi connectivity index (χ2n) is 3.91. The van der Waals surface area contributed by atoms with Crippen molar-refractivity contribution in [3.05, 3.63) is 50.7 Å². The number of amides is 1. The first-order valence-electron chi connectivity index (χ1n) is 5.34. The molecular formula is C13H9Br2N3O. The molecule has 0 spiro atoms. The molecule has 1 N–H and O–H groups in total. The van der Waals surface area contributed by atoms with Gasteiger partial charge in [0.15, 0.2) is 0 Å². The van der Waals surface area contributed by atoms with E-state index in [1.165, 1.54) is 0 Å². The Morgan fingerprint density at radius 3 is 2.63 bits per heavy atom. The minimum absolute atomic E-state index is 0.257. The molecule has 6 heteroatoms. The summed E-state index contributed by atoms with van der Waals surface area (Å²) in [5.41, 5.74) is 1.42. The number of nitrogens with one attached hydrogen (secondary N) is 1. The fourth-order valence-electron chi connectivity index (χ4n) is 1.65. The van der Waals surface area contributed by atoms with Crippen LogP contribution in [0.2, 0.25) is 0 Å². The highest BCUT2D eigenvalue weighted by molar-refractivity contribution is 9.10. The summed E-state index contributed by atoms with van der Waals surface area (Å²) in [6, 6.07) is 8.91. The van der Waals surface area contributed by atoms with Crippen molar-refractivity contribution in [2.45, 2.75) is 0 Å². The van der Waals surface area contributed by atoms with E-state index in [0.29, 0.717) is 16.9 Å². The molecule has 0 saturated carbocycles. The number of hydrogen-bond donors (Lipinski definition) is 1. The van der Waals surface area contributed by atoms with Crippen LogP contribution >= 0.6 is 31.9 Å². The maximum absolute atomic E-state index is 12.1. The number of benzene rings is 1. The monoisotopic (exact) mass is 381 g/mol. The van der Waals surface area contributed by atoms with E-state index in [-0.39, 0.29) is 5.91 Å². The van der Waals surface area contributed by atoms with Gasteiger partial charge in [-0.3, -0.25) is 4.79 Å². The number of nitrogens with zero attached hydrogens (tertiary/aromatic N) is 2. The molecule has 1 aromatic carbocycles. The number of anilines is 1. The summed E-state index contributed by atoms with van der Waals surface area (Å²) in [5, 5.41) is 11.8. The van der Waals surface area contributed by atoms with Gasteiger partial charge in [-0.1, -0.05) is 15.9 Å². The molecule has 0 fully saturated rings. The highest BCUT2D eigenvalue weighted by atomic mass is 79.9. The van der Waals surface area contributed by atoms with Gasteiger partial charge in [0.1, 0.15) is 11.8 Å².